The maximum atomic E-state index is 12.7. The highest BCUT2D eigenvalue weighted by Gasteiger charge is 2.24. The summed E-state index contributed by atoms with van der Waals surface area (Å²) in [5, 5.41) is 10.1. The fourth-order valence-corrected chi connectivity index (χ4v) is 9.58. The predicted octanol–water partition coefficient (Wildman–Crippen LogP) is 9.05. The van der Waals surface area contributed by atoms with Crippen LogP contribution in [-0.4, -0.2) is 142 Å². The third-order valence-electron chi connectivity index (χ3n) is 11.1. The maximum Gasteiger partial charge on any atom is 0.234 e. The van der Waals surface area contributed by atoms with E-state index >= 15 is 0 Å². The number of nitrogens with one attached hydrogen (secondary N) is 3. The standard InChI is InChI=1S/C43H51N9O4S2.C4H11N.C3H8.2C2H6/c1-3-44-31-5-9-35-39(25-31)56-41-27-33(7-11-37(41)48-35)52-20-16-50(17-21-52)29-43(54)46-13-23-58-57-22-12-45-42(53)28-49-14-18-51(19-15-49)32-6-10-36-40(26-32)55-38-24-30(2)4-8-34(38)47-36;1-3-5-4-2;1-3-2;2*1-2/h4-11,24-27,30H,3,12-23,28-29H2,1-2H3,(H,45,53)(H,46,54);5H,3-4H2,1-2H3;3H2,1-2H3;2*1-2H3. The number of aromatic nitrogens is 1. The van der Waals surface area contributed by atoms with Crippen LogP contribution in [0.15, 0.2) is 93.0 Å². The van der Waals surface area contributed by atoms with Crippen LogP contribution in [-0.2, 0) is 9.59 Å². The molecule has 2 fully saturated rings. The molecule has 16 heteroatoms. The van der Waals surface area contributed by atoms with Crippen LogP contribution in [0.25, 0.3) is 22.6 Å². The average Bonchev–Trinajstić information content (AvgIpc) is 3.38. The van der Waals surface area contributed by atoms with Crippen LogP contribution < -0.4 is 35.8 Å². The summed E-state index contributed by atoms with van der Waals surface area (Å²) >= 11 is 0. The molecule has 2 aromatic rings. The molecule has 0 bridgehead atoms. The van der Waals surface area contributed by atoms with Crippen LogP contribution in [0.5, 0.6) is 5.75 Å². The van der Waals surface area contributed by atoms with Crippen molar-refractivity contribution >= 4 is 67.3 Å². The Balaban J connectivity index is 0.000000808. The lowest BCUT2D eigenvalue weighted by atomic mass is 10.0. The van der Waals surface area contributed by atoms with E-state index in [9.17, 15) is 9.59 Å². The number of ether oxygens (including phenoxy) is 1. The van der Waals surface area contributed by atoms with Crippen LogP contribution in [0.1, 0.15) is 75.7 Å². The number of piperazine rings is 2. The number of nitrogens with zero attached hydrogens (tertiary/aromatic N) is 7. The van der Waals surface area contributed by atoms with Crippen LogP contribution in [0, 0.1) is 5.92 Å². The molecule has 2 aromatic carbocycles. The highest BCUT2D eigenvalue weighted by atomic mass is 33.1. The molecule has 4 aliphatic heterocycles. The monoisotopic (exact) mass is 999 g/mol. The van der Waals surface area contributed by atoms with Gasteiger partial charge in [0.05, 0.1) is 18.4 Å². The Morgan fingerprint density at radius 3 is 1.87 bits per heavy atom. The average molecular weight is 999 g/mol. The van der Waals surface area contributed by atoms with Crippen LogP contribution in [0.3, 0.4) is 0 Å². The second kappa shape index (κ2) is 32.2. The molecule has 2 aliphatic carbocycles. The van der Waals surface area contributed by atoms with E-state index in [1.807, 2.05) is 71.0 Å². The number of amides is 2. The topological polar surface area (TPSA) is 143 Å². The van der Waals surface area contributed by atoms with E-state index in [0.29, 0.717) is 32.1 Å². The molecule has 14 nitrogen and oxygen atoms in total. The molecular weight excluding hydrogens is 917 g/mol. The molecule has 6 aliphatic rings. The summed E-state index contributed by atoms with van der Waals surface area (Å²) in [4.78, 5) is 48.4. The lowest BCUT2D eigenvalue weighted by Crippen LogP contribution is -2.49. The molecule has 1 unspecified atom stereocenters. The van der Waals surface area contributed by atoms with Gasteiger partial charge in [0.1, 0.15) is 28.4 Å². The van der Waals surface area contributed by atoms with Crippen molar-refractivity contribution in [1.82, 2.24) is 30.7 Å². The Labute approximate surface area is 427 Å². The Kier molecular flexibility index (Phi) is 26.5. The molecule has 0 saturated carbocycles. The number of anilines is 2. The second-order valence-corrected chi connectivity index (χ2v) is 19.2. The van der Waals surface area contributed by atoms with Gasteiger partial charge in [0.25, 0.3) is 0 Å². The normalized spacial score (nSPS) is 16.5. The van der Waals surface area contributed by atoms with E-state index in [0.717, 1.165) is 146 Å². The van der Waals surface area contributed by atoms with Crippen molar-refractivity contribution < 1.29 is 18.7 Å². The Bertz CT molecular complexity index is 2320. The number of fused-ring (bicyclic) bond motifs is 4. The number of hydrogen-bond acceptors (Lipinski definition) is 14. The van der Waals surface area contributed by atoms with E-state index in [-0.39, 0.29) is 11.8 Å². The molecule has 8 rings (SSSR count). The fraction of sp³-hybridized carbons (Fsp3) is 0.537. The molecule has 1 atom stereocenters. The van der Waals surface area contributed by atoms with Gasteiger partial charge < -0.3 is 34.9 Å². The molecule has 3 N–H and O–H groups in total. The van der Waals surface area contributed by atoms with Gasteiger partial charge in [-0.1, -0.05) is 96.4 Å². The van der Waals surface area contributed by atoms with Crippen molar-refractivity contribution in [1.29, 1.82) is 0 Å². The van der Waals surface area contributed by atoms with Gasteiger partial charge in [-0.15, -0.1) is 0 Å². The molecular formula is C54H82N10O4S2. The number of carbonyl (C=O) groups is 2. The number of benzene rings is 3. The summed E-state index contributed by atoms with van der Waals surface area (Å²) in [6, 6.07) is 18.2. The summed E-state index contributed by atoms with van der Waals surface area (Å²) in [5.74, 6) is 4.42. The zero-order chi connectivity index (χ0) is 50.7. The van der Waals surface area contributed by atoms with E-state index in [1.54, 1.807) is 21.6 Å². The Morgan fingerprint density at radius 1 is 0.743 bits per heavy atom. The number of hydrogen-bond donors (Lipinski definition) is 3. The van der Waals surface area contributed by atoms with Gasteiger partial charge in [0.2, 0.25) is 11.8 Å². The minimum absolute atomic E-state index is 0.0541. The number of rotatable bonds is 16. The molecule has 2 amide bonds. The molecule has 0 aromatic heterocycles. The SMILES string of the molecule is CC.CC.CCC.CCN=c1ccc2nc3ccc(N4CCN(CC(=O)NCCSSCCNC(=O)CN5CCN(c6ccc7c(c6)OC6=CC(C)C=CC6=N7)CC5)CC4)cc3oc-2c1.CCNCC. The summed E-state index contributed by atoms with van der Waals surface area (Å²) < 4.78 is 12.5. The van der Waals surface area contributed by atoms with E-state index in [1.165, 1.54) is 6.42 Å². The van der Waals surface area contributed by atoms with Crippen molar-refractivity contribution in [2.45, 2.75) is 75.7 Å². The first-order valence-corrected chi connectivity index (χ1v) is 28.3. The van der Waals surface area contributed by atoms with Gasteiger partial charge in [-0.3, -0.25) is 24.4 Å². The lowest BCUT2D eigenvalue weighted by molar-refractivity contribution is -0.123. The van der Waals surface area contributed by atoms with Gasteiger partial charge in [0.15, 0.2) is 17.1 Å². The largest absolute Gasteiger partial charge is 0.453 e. The molecule has 4 heterocycles. The van der Waals surface area contributed by atoms with E-state index in [2.05, 4.69) is 112 Å². The smallest absolute Gasteiger partial charge is 0.234 e. The first-order chi connectivity index (χ1) is 34.2. The van der Waals surface area contributed by atoms with Crippen molar-refractivity contribution in [2.24, 2.45) is 15.9 Å². The summed E-state index contributed by atoms with van der Waals surface area (Å²) in [6.07, 6.45) is 7.52. The summed E-state index contributed by atoms with van der Waals surface area (Å²) in [7, 11) is 3.44. The number of carbonyl (C=O) groups excluding carboxylic acids is 2. The number of aliphatic imine (C=N–C) groups is 1. The molecule has 0 radical (unpaired) electrons. The van der Waals surface area contributed by atoms with Gasteiger partial charge in [-0.05, 0) is 74.5 Å². The quantitative estimate of drug-likeness (QED) is 0.0560. The van der Waals surface area contributed by atoms with Crippen LogP contribution in [0.2, 0.25) is 0 Å². The predicted molar refractivity (Wildman–Crippen MR) is 298 cm³/mol. The first kappa shape index (κ1) is 57.7. The van der Waals surface area contributed by atoms with E-state index < -0.39 is 0 Å². The Morgan fingerprint density at radius 2 is 1.31 bits per heavy atom. The van der Waals surface area contributed by atoms with Crippen molar-refractivity contribution in [3.05, 3.63) is 83.9 Å². The van der Waals surface area contributed by atoms with Crippen LogP contribution in [0.4, 0.5) is 17.1 Å². The molecule has 70 heavy (non-hydrogen) atoms. The molecule has 384 valence electrons. The maximum absolute atomic E-state index is 12.7. The van der Waals surface area contributed by atoms with Crippen molar-refractivity contribution in [2.75, 3.05) is 119 Å². The zero-order valence-electron chi connectivity index (χ0n) is 43.8. The summed E-state index contributed by atoms with van der Waals surface area (Å²) in [6.45, 7) is 32.2. The van der Waals surface area contributed by atoms with Gasteiger partial charge in [-0.2, -0.15) is 0 Å². The minimum atomic E-state index is 0.0541. The molecule has 0 spiro atoms. The Hall–Kier alpha value is -4.87. The van der Waals surface area contributed by atoms with Gasteiger partial charge in [-0.25, -0.2) is 9.98 Å². The summed E-state index contributed by atoms with van der Waals surface area (Å²) in [5.41, 5.74) is 6.33. The van der Waals surface area contributed by atoms with Gasteiger partial charge in [0, 0.05) is 113 Å². The fourth-order valence-electron chi connectivity index (χ4n) is 7.76. The van der Waals surface area contributed by atoms with Crippen LogP contribution >= 0.6 is 21.6 Å². The highest BCUT2D eigenvalue weighted by Crippen LogP contribution is 2.38. The minimum Gasteiger partial charge on any atom is -0.453 e. The number of allylic oxidation sites excluding steroid dienone is 3. The second-order valence-electron chi connectivity index (χ2n) is 16.5. The third kappa shape index (κ3) is 18.4. The van der Waals surface area contributed by atoms with Crippen molar-refractivity contribution in [3.8, 4) is 17.2 Å². The van der Waals surface area contributed by atoms with E-state index in [4.69, 9.17) is 19.1 Å². The highest BCUT2D eigenvalue weighted by molar-refractivity contribution is 8.76. The van der Waals surface area contributed by atoms with Gasteiger partial charge >= 0.3 is 0 Å². The molecule has 2 saturated heterocycles. The zero-order valence-corrected chi connectivity index (χ0v) is 45.4. The third-order valence-corrected chi connectivity index (χ3v) is 13.5. The lowest BCUT2D eigenvalue weighted by Gasteiger charge is -2.36. The van der Waals surface area contributed by atoms with Crippen molar-refractivity contribution in [3.63, 3.8) is 0 Å². The first-order valence-electron chi connectivity index (χ1n) is 25.8.